The molecule has 0 aliphatic carbocycles. The highest BCUT2D eigenvalue weighted by molar-refractivity contribution is 8.00. The average Bonchev–Trinajstić information content (AvgIpc) is 3.09. The number of hydrogen-bond acceptors (Lipinski definition) is 7. The number of halogens is 1. The Bertz CT molecular complexity index is 976. The Morgan fingerprint density at radius 3 is 2.67 bits per heavy atom. The zero-order valence-electron chi connectivity index (χ0n) is 16.7. The second-order valence-corrected chi connectivity index (χ2v) is 8.23. The number of nitriles is 1. The van der Waals surface area contributed by atoms with Crippen molar-refractivity contribution in [3.63, 3.8) is 0 Å². The summed E-state index contributed by atoms with van der Waals surface area (Å²) in [5, 5.41) is 15.3. The van der Waals surface area contributed by atoms with Gasteiger partial charge in [0.15, 0.2) is 0 Å². The number of likely N-dealkylation sites (N-methyl/N-ethyl adjacent to an activating group) is 1. The minimum absolute atomic E-state index is 0.0701. The van der Waals surface area contributed by atoms with Gasteiger partial charge in [-0.2, -0.15) is 5.26 Å². The zero-order valence-corrected chi connectivity index (χ0v) is 18.2. The Morgan fingerprint density at radius 1 is 1.37 bits per heavy atom. The van der Waals surface area contributed by atoms with Crippen LogP contribution in [-0.2, 0) is 16.1 Å². The van der Waals surface area contributed by atoms with E-state index in [0.29, 0.717) is 17.1 Å². The predicted octanol–water partition coefficient (Wildman–Crippen LogP) is 3.24. The lowest BCUT2D eigenvalue weighted by Crippen LogP contribution is -2.50. The molecule has 0 radical (unpaired) electrons. The summed E-state index contributed by atoms with van der Waals surface area (Å²) >= 11 is 7.61. The van der Waals surface area contributed by atoms with Crippen LogP contribution in [0.15, 0.2) is 58.5 Å². The lowest BCUT2D eigenvalue weighted by molar-refractivity contribution is -0.135. The summed E-state index contributed by atoms with van der Waals surface area (Å²) in [6, 6.07) is 16.4. The molecule has 7 nitrogen and oxygen atoms in total. The highest BCUT2D eigenvalue weighted by atomic mass is 35.5. The number of rotatable bonds is 7. The van der Waals surface area contributed by atoms with Crippen molar-refractivity contribution < 1.29 is 9.53 Å². The molecule has 1 heterocycles. The van der Waals surface area contributed by atoms with E-state index in [1.54, 1.807) is 35.2 Å². The molecule has 0 spiro atoms. The molecule has 30 heavy (non-hydrogen) atoms. The van der Waals surface area contributed by atoms with Crippen molar-refractivity contribution in [2.24, 2.45) is 10.8 Å². The van der Waals surface area contributed by atoms with Gasteiger partial charge in [-0.15, -0.1) is 16.9 Å². The Kier molecular flexibility index (Phi) is 7.08. The molecule has 1 amide bonds. The van der Waals surface area contributed by atoms with E-state index in [-0.39, 0.29) is 23.7 Å². The molecule has 0 bridgehead atoms. The summed E-state index contributed by atoms with van der Waals surface area (Å²) in [5.74, 6) is 0.149. The minimum Gasteiger partial charge on any atom is -0.436 e. The predicted molar refractivity (Wildman–Crippen MR) is 118 cm³/mol. The Balaban J connectivity index is 1.77. The second kappa shape index (κ2) is 9.74. The van der Waals surface area contributed by atoms with Gasteiger partial charge >= 0.3 is 6.02 Å². The fourth-order valence-corrected chi connectivity index (χ4v) is 4.25. The van der Waals surface area contributed by atoms with E-state index in [2.05, 4.69) is 11.2 Å². The van der Waals surface area contributed by atoms with Crippen LogP contribution in [-0.4, -0.2) is 46.9 Å². The third-order valence-electron chi connectivity index (χ3n) is 4.71. The summed E-state index contributed by atoms with van der Waals surface area (Å²) in [4.78, 5) is 15.8. The number of nitrogens with zero attached hydrogens (tertiary/aromatic N) is 4. The Labute approximate surface area is 185 Å². The molecule has 2 atom stereocenters. The number of hydrogen-bond donors (Lipinski definition) is 1. The third-order valence-corrected chi connectivity index (χ3v) is 6.21. The van der Waals surface area contributed by atoms with E-state index in [0.717, 1.165) is 10.5 Å². The molecule has 2 N–H and O–H groups in total. The number of carbonyl (C=O) groups is 1. The van der Waals surface area contributed by atoms with E-state index in [4.69, 9.17) is 27.3 Å². The average molecular weight is 444 g/mol. The molecule has 0 saturated carbocycles. The van der Waals surface area contributed by atoms with Crippen LogP contribution >= 0.6 is 23.4 Å². The van der Waals surface area contributed by atoms with E-state index in [1.807, 2.05) is 37.3 Å². The lowest BCUT2D eigenvalue weighted by Gasteiger charge is -2.34. The molecule has 1 aliphatic heterocycles. The van der Waals surface area contributed by atoms with Gasteiger partial charge in [0.2, 0.25) is 12.1 Å². The summed E-state index contributed by atoms with van der Waals surface area (Å²) < 4.78 is 5.61. The van der Waals surface area contributed by atoms with Gasteiger partial charge in [0, 0.05) is 18.5 Å². The molecule has 1 unspecified atom stereocenters. The Hall–Kier alpha value is -2.89. The number of nitrogens with two attached hydrogens (primary N) is 1. The molecule has 2 aromatic rings. The highest BCUT2D eigenvalue weighted by Gasteiger charge is 2.35. The first kappa shape index (κ1) is 21.8. The van der Waals surface area contributed by atoms with Gasteiger partial charge in [-0.3, -0.25) is 9.80 Å². The van der Waals surface area contributed by atoms with Crippen molar-refractivity contribution in [2.75, 3.05) is 12.8 Å². The SMILES string of the molecule is C[C@@H](C1OC(N)=NN1C)N(Cc1ccc(C#N)cc1)C(=O)CSc1ccccc1Cl. The number of carbonyl (C=O) groups excluding carboxylic acids is 1. The molecule has 0 aromatic heterocycles. The fraction of sp³-hybridized carbons (Fsp3) is 0.286. The Morgan fingerprint density at radius 2 is 2.07 bits per heavy atom. The summed E-state index contributed by atoms with van der Waals surface area (Å²) in [6.45, 7) is 2.26. The second-order valence-electron chi connectivity index (χ2n) is 6.81. The minimum atomic E-state index is -0.488. The van der Waals surface area contributed by atoms with E-state index < -0.39 is 6.23 Å². The van der Waals surface area contributed by atoms with Crippen LogP contribution < -0.4 is 5.73 Å². The van der Waals surface area contributed by atoms with Crippen molar-refractivity contribution in [3.8, 4) is 6.07 Å². The van der Waals surface area contributed by atoms with Gasteiger partial charge in [-0.1, -0.05) is 35.9 Å². The van der Waals surface area contributed by atoms with Crippen LogP contribution in [0.2, 0.25) is 5.02 Å². The van der Waals surface area contributed by atoms with Gasteiger partial charge < -0.3 is 15.4 Å². The molecule has 1 aliphatic rings. The van der Waals surface area contributed by atoms with Crippen LogP contribution in [0.3, 0.4) is 0 Å². The van der Waals surface area contributed by atoms with Crippen molar-refractivity contribution in [2.45, 2.75) is 30.6 Å². The van der Waals surface area contributed by atoms with Crippen LogP contribution in [0.4, 0.5) is 0 Å². The molecule has 2 aromatic carbocycles. The number of thioether (sulfide) groups is 1. The molecule has 156 valence electrons. The van der Waals surface area contributed by atoms with Crippen LogP contribution in [0, 0.1) is 11.3 Å². The van der Waals surface area contributed by atoms with Crippen LogP contribution in [0.25, 0.3) is 0 Å². The maximum absolute atomic E-state index is 13.2. The summed E-state index contributed by atoms with van der Waals surface area (Å²) in [5.41, 5.74) is 7.18. The van der Waals surface area contributed by atoms with E-state index in [9.17, 15) is 4.79 Å². The smallest absolute Gasteiger partial charge is 0.306 e. The molecular weight excluding hydrogens is 422 g/mol. The normalized spacial score (nSPS) is 16.4. The standard InChI is InChI=1S/C21H22ClN5O2S/c1-14(20-26(2)25-21(24)29-20)27(12-16-9-7-15(11-23)8-10-16)19(28)13-30-18-6-4-3-5-17(18)22/h3-10,14,20H,12-13H2,1-2H3,(H2,24,25)/t14-,20?/m0/s1. The van der Waals surface area contributed by atoms with Crippen molar-refractivity contribution in [1.29, 1.82) is 5.26 Å². The highest BCUT2D eigenvalue weighted by Crippen LogP contribution is 2.28. The van der Waals surface area contributed by atoms with E-state index in [1.165, 1.54) is 11.8 Å². The number of ether oxygens (including phenoxy) is 1. The number of amidine groups is 1. The number of benzene rings is 2. The number of hydrazone groups is 1. The van der Waals surface area contributed by atoms with Crippen LogP contribution in [0.1, 0.15) is 18.1 Å². The topological polar surface area (TPSA) is 94.9 Å². The quantitative estimate of drug-likeness (QED) is 0.660. The maximum Gasteiger partial charge on any atom is 0.306 e. The van der Waals surface area contributed by atoms with Crippen molar-refractivity contribution >= 4 is 35.3 Å². The molecule has 9 heteroatoms. The lowest BCUT2D eigenvalue weighted by atomic mass is 10.1. The van der Waals surface area contributed by atoms with Gasteiger partial charge in [0.05, 0.1) is 28.5 Å². The molecule has 0 fully saturated rings. The number of amides is 1. The first-order valence-corrected chi connectivity index (χ1v) is 10.6. The monoisotopic (exact) mass is 443 g/mol. The van der Waals surface area contributed by atoms with Gasteiger partial charge in [0.25, 0.3) is 0 Å². The maximum atomic E-state index is 13.2. The van der Waals surface area contributed by atoms with Crippen LogP contribution in [0.5, 0.6) is 0 Å². The van der Waals surface area contributed by atoms with Gasteiger partial charge in [-0.25, -0.2) is 0 Å². The zero-order chi connectivity index (χ0) is 21.7. The first-order valence-electron chi connectivity index (χ1n) is 9.28. The summed E-state index contributed by atoms with van der Waals surface area (Å²) in [6.07, 6.45) is -0.488. The molecular formula is C21H22ClN5O2S. The summed E-state index contributed by atoms with van der Waals surface area (Å²) in [7, 11) is 1.75. The third kappa shape index (κ3) is 5.17. The van der Waals surface area contributed by atoms with E-state index >= 15 is 0 Å². The fourth-order valence-electron chi connectivity index (χ4n) is 3.13. The largest absolute Gasteiger partial charge is 0.436 e. The van der Waals surface area contributed by atoms with Crippen molar-refractivity contribution in [1.82, 2.24) is 9.91 Å². The molecule has 0 saturated heterocycles. The van der Waals surface area contributed by atoms with Gasteiger partial charge in [0.1, 0.15) is 0 Å². The first-order chi connectivity index (χ1) is 14.4. The molecule has 3 rings (SSSR count). The van der Waals surface area contributed by atoms with Crippen molar-refractivity contribution in [3.05, 3.63) is 64.7 Å². The van der Waals surface area contributed by atoms with Gasteiger partial charge in [-0.05, 0) is 36.8 Å².